The Morgan fingerprint density at radius 1 is 1.11 bits per heavy atom. The van der Waals surface area contributed by atoms with Crippen molar-refractivity contribution in [3.63, 3.8) is 0 Å². The third-order valence-corrected chi connectivity index (χ3v) is 6.02. The molecule has 0 saturated heterocycles. The van der Waals surface area contributed by atoms with Crippen LogP contribution in [-0.4, -0.2) is 42.2 Å². The standard InChI is InChI=1S/C25H20F2N8O2/c1-15(22-32-14-33-35(22)21-11-20(30-13-31-21)19-4-2-3-7-29-19)34-23(36)16-8-17(25(12-28)5-6-25)10-18(9-16)37-24(26)27/h2-4,7-11,13-15,24H,5-6H2,1H3,(H,34,36). The van der Waals surface area contributed by atoms with Crippen molar-refractivity contribution < 1.29 is 18.3 Å². The Morgan fingerprint density at radius 3 is 2.65 bits per heavy atom. The molecule has 1 aromatic carbocycles. The van der Waals surface area contributed by atoms with Crippen LogP contribution < -0.4 is 10.1 Å². The molecule has 1 unspecified atom stereocenters. The summed E-state index contributed by atoms with van der Waals surface area (Å²) in [4.78, 5) is 30.2. The van der Waals surface area contributed by atoms with E-state index in [4.69, 9.17) is 0 Å². The number of nitrogens with one attached hydrogen (secondary N) is 1. The Balaban J connectivity index is 1.40. The van der Waals surface area contributed by atoms with Gasteiger partial charge in [-0.1, -0.05) is 6.07 Å². The molecular weight excluding hydrogens is 482 g/mol. The summed E-state index contributed by atoms with van der Waals surface area (Å²) in [7, 11) is 0. The second-order valence-corrected chi connectivity index (χ2v) is 8.52. The van der Waals surface area contributed by atoms with E-state index in [-0.39, 0.29) is 11.3 Å². The van der Waals surface area contributed by atoms with Crippen molar-refractivity contribution in [2.24, 2.45) is 0 Å². The zero-order valence-corrected chi connectivity index (χ0v) is 19.5. The molecule has 5 rings (SSSR count). The number of carbonyl (C=O) groups is 1. The summed E-state index contributed by atoms with van der Waals surface area (Å²) < 4.78 is 31.8. The summed E-state index contributed by atoms with van der Waals surface area (Å²) in [6.07, 6.45) is 5.54. The highest BCUT2D eigenvalue weighted by Gasteiger charge is 2.45. The number of nitriles is 1. The second-order valence-electron chi connectivity index (χ2n) is 8.52. The van der Waals surface area contributed by atoms with Gasteiger partial charge in [0.1, 0.15) is 18.4 Å². The van der Waals surface area contributed by atoms with Gasteiger partial charge in [-0.15, -0.1) is 0 Å². The first-order chi connectivity index (χ1) is 17.9. The van der Waals surface area contributed by atoms with Crippen molar-refractivity contribution in [3.05, 3.63) is 78.3 Å². The zero-order valence-electron chi connectivity index (χ0n) is 19.5. The molecule has 3 heterocycles. The van der Waals surface area contributed by atoms with Crippen molar-refractivity contribution in [3.8, 4) is 29.0 Å². The lowest BCUT2D eigenvalue weighted by Crippen LogP contribution is -2.29. The molecule has 1 aliphatic rings. The lowest BCUT2D eigenvalue weighted by molar-refractivity contribution is -0.0499. The summed E-state index contributed by atoms with van der Waals surface area (Å²) in [5.41, 5.74) is 1.00. The fourth-order valence-corrected chi connectivity index (χ4v) is 3.95. The monoisotopic (exact) mass is 502 g/mol. The molecule has 0 bridgehead atoms. The molecule has 1 fully saturated rings. The van der Waals surface area contributed by atoms with Crippen LogP contribution in [0.3, 0.4) is 0 Å². The quantitative estimate of drug-likeness (QED) is 0.385. The fourth-order valence-electron chi connectivity index (χ4n) is 3.95. The van der Waals surface area contributed by atoms with E-state index in [1.165, 1.54) is 35.5 Å². The van der Waals surface area contributed by atoms with Crippen LogP contribution in [0, 0.1) is 11.3 Å². The van der Waals surface area contributed by atoms with Gasteiger partial charge < -0.3 is 10.1 Å². The minimum absolute atomic E-state index is 0.0899. The van der Waals surface area contributed by atoms with Crippen molar-refractivity contribution in [1.29, 1.82) is 5.26 Å². The van der Waals surface area contributed by atoms with Gasteiger partial charge in [-0.3, -0.25) is 9.78 Å². The van der Waals surface area contributed by atoms with E-state index in [0.29, 0.717) is 41.4 Å². The van der Waals surface area contributed by atoms with Crippen LogP contribution in [-0.2, 0) is 5.41 Å². The Labute approximate surface area is 210 Å². The predicted molar refractivity (Wildman–Crippen MR) is 126 cm³/mol. The average molecular weight is 502 g/mol. The normalized spacial score (nSPS) is 14.6. The maximum Gasteiger partial charge on any atom is 0.387 e. The Kier molecular flexibility index (Phi) is 6.27. The summed E-state index contributed by atoms with van der Waals surface area (Å²) in [5, 5.41) is 16.6. The molecule has 1 aliphatic carbocycles. The molecule has 37 heavy (non-hydrogen) atoms. The SMILES string of the molecule is CC(NC(=O)c1cc(OC(F)F)cc(C2(C#N)CC2)c1)c1ncnn1-c1cc(-c2ccccn2)ncn1. The summed E-state index contributed by atoms with van der Waals surface area (Å²) >= 11 is 0. The molecule has 1 amide bonds. The lowest BCUT2D eigenvalue weighted by atomic mass is 9.95. The van der Waals surface area contributed by atoms with Gasteiger partial charge in [0, 0.05) is 17.8 Å². The van der Waals surface area contributed by atoms with Crippen LogP contribution in [0.4, 0.5) is 8.78 Å². The van der Waals surface area contributed by atoms with Gasteiger partial charge in [0.2, 0.25) is 0 Å². The van der Waals surface area contributed by atoms with E-state index in [2.05, 4.69) is 41.2 Å². The number of aromatic nitrogens is 6. The molecular formula is C25H20F2N8O2. The zero-order chi connectivity index (χ0) is 26.0. The van der Waals surface area contributed by atoms with E-state index in [9.17, 15) is 18.8 Å². The maximum atomic E-state index is 13.1. The number of ether oxygens (including phenoxy) is 1. The highest BCUT2D eigenvalue weighted by molar-refractivity contribution is 5.95. The van der Waals surface area contributed by atoms with Gasteiger partial charge in [-0.2, -0.15) is 23.8 Å². The van der Waals surface area contributed by atoms with E-state index in [0.717, 1.165) is 0 Å². The highest BCUT2D eigenvalue weighted by atomic mass is 19.3. The van der Waals surface area contributed by atoms with Gasteiger partial charge in [-0.05, 0) is 55.7 Å². The van der Waals surface area contributed by atoms with Crippen molar-refractivity contribution >= 4 is 5.91 Å². The molecule has 4 aromatic rings. The van der Waals surface area contributed by atoms with Crippen LogP contribution in [0.1, 0.15) is 47.6 Å². The number of hydrogen-bond acceptors (Lipinski definition) is 8. The molecule has 0 spiro atoms. The van der Waals surface area contributed by atoms with Gasteiger partial charge in [0.05, 0.1) is 28.9 Å². The number of alkyl halides is 2. The van der Waals surface area contributed by atoms with Gasteiger partial charge in [0.15, 0.2) is 11.6 Å². The van der Waals surface area contributed by atoms with Crippen LogP contribution in [0.15, 0.2) is 61.3 Å². The summed E-state index contributed by atoms with van der Waals surface area (Å²) in [6.45, 7) is -1.36. The first kappa shape index (κ1) is 23.9. The van der Waals surface area contributed by atoms with Crippen LogP contribution in [0.25, 0.3) is 17.2 Å². The largest absolute Gasteiger partial charge is 0.435 e. The summed E-state index contributed by atoms with van der Waals surface area (Å²) in [5.74, 6) is 0.0742. The minimum Gasteiger partial charge on any atom is -0.435 e. The van der Waals surface area contributed by atoms with E-state index in [1.54, 1.807) is 25.3 Å². The second kappa shape index (κ2) is 9.69. The van der Waals surface area contributed by atoms with E-state index in [1.807, 2.05) is 12.1 Å². The highest BCUT2D eigenvalue weighted by Crippen LogP contribution is 2.48. The Bertz CT molecular complexity index is 1480. The molecule has 3 aromatic heterocycles. The average Bonchev–Trinajstić information content (AvgIpc) is 3.56. The number of pyridine rings is 1. The fraction of sp³-hybridized carbons (Fsp3) is 0.240. The molecule has 12 heteroatoms. The molecule has 0 radical (unpaired) electrons. The van der Waals surface area contributed by atoms with Gasteiger partial charge in [-0.25, -0.2) is 15.0 Å². The minimum atomic E-state index is -3.07. The number of halogens is 2. The van der Waals surface area contributed by atoms with Crippen LogP contribution in [0.2, 0.25) is 0 Å². The first-order valence-electron chi connectivity index (χ1n) is 11.3. The van der Waals surface area contributed by atoms with Crippen molar-refractivity contribution in [2.45, 2.75) is 37.8 Å². The van der Waals surface area contributed by atoms with E-state index < -0.39 is 24.0 Å². The van der Waals surface area contributed by atoms with Gasteiger partial charge >= 0.3 is 6.61 Å². The first-order valence-corrected chi connectivity index (χ1v) is 11.3. The third-order valence-electron chi connectivity index (χ3n) is 6.02. The Hall–Kier alpha value is -4.79. The smallest absolute Gasteiger partial charge is 0.387 e. The lowest BCUT2D eigenvalue weighted by Gasteiger charge is -2.16. The number of carbonyl (C=O) groups excluding carboxylic acids is 1. The molecule has 10 nitrogen and oxygen atoms in total. The van der Waals surface area contributed by atoms with Crippen molar-refractivity contribution in [2.75, 3.05) is 0 Å². The number of nitrogens with zero attached hydrogens (tertiary/aromatic N) is 7. The number of benzene rings is 1. The molecule has 1 saturated carbocycles. The number of amides is 1. The van der Waals surface area contributed by atoms with Gasteiger partial charge in [0.25, 0.3) is 5.91 Å². The molecule has 1 atom stereocenters. The third kappa shape index (κ3) is 4.97. The van der Waals surface area contributed by atoms with Crippen molar-refractivity contribution in [1.82, 2.24) is 35.0 Å². The topological polar surface area (TPSA) is 132 Å². The van der Waals surface area contributed by atoms with Crippen LogP contribution >= 0.6 is 0 Å². The molecule has 0 aliphatic heterocycles. The Morgan fingerprint density at radius 2 is 1.95 bits per heavy atom. The summed E-state index contributed by atoms with van der Waals surface area (Å²) in [6, 6.07) is 12.9. The number of hydrogen-bond donors (Lipinski definition) is 1. The maximum absolute atomic E-state index is 13.1. The predicted octanol–water partition coefficient (Wildman–Crippen LogP) is 3.77. The number of rotatable bonds is 8. The van der Waals surface area contributed by atoms with E-state index >= 15 is 0 Å². The van der Waals surface area contributed by atoms with Crippen LogP contribution in [0.5, 0.6) is 5.75 Å². The molecule has 1 N–H and O–H groups in total. The molecule has 186 valence electrons.